The Bertz CT molecular complexity index is 505. The maximum atomic E-state index is 12.3. The molecular formula is C16H24N4O. The van der Waals surface area contributed by atoms with Gasteiger partial charge in [0.1, 0.15) is 5.69 Å². The van der Waals surface area contributed by atoms with E-state index in [0.29, 0.717) is 17.6 Å². The van der Waals surface area contributed by atoms with Crippen LogP contribution in [0.4, 0.5) is 5.95 Å². The first kappa shape index (κ1) is 14.3. The number of carbonyl (C=O) groups excluding carboxylic acids is 1. The molecule has 1 aromatic rings. The van der Waals surface area contributed by atoms with Crippen LogP contribution in [0.3, 0.4) is 0 Å². The molecule has 1 N–H and O–H groups in total. The van der Waals surface area contributed by atoms with E-state index in [2.05, 4.69) is 20.2 Å². The Hall–Kier alpha value is -1.65. The fourth-order valence-electron chi connectivity index (χ4n) is 3.27. The Balaban J connectivity index is 1.66. The summed E-state index contributed by atoms with van der Waals surface area (Å²) in [4.78, 5) is 23.4. The van der Waals surface area contributed by atoms with Gasteiger partial charge in [-0.2, -0.15) is 0 Å². The standard InChI is InChI=1S/C16H24N4O/c1-12-10-14(15(21)17-11-13-6-2-3-7-13)19-16(18-12)20-8-4-5-9-20/h10,13H,2-9,11H2,1H3,(H,17,21). The number of aryl methyl sites for hydroxylation is 1. The van der Waals surface area contributed by atoms with Gasteiger partial charge >= 0.3 is 0 Å². The van der Waals surface area contributed by atoms with Gasteiger partial charge in [-0.15, -0.1) is 0 Å². The van der Waals surface area contributed by atoms with Crippen LogP contribution in [0.1, 0.15) is 54.7 Å². The molecule has 1 saturated carbocycles. The van der Waals surface area contributed by atoms with E-state index in [4.69, 9.17) is 0 Å². The van der Waals surface area contributed by atoms with Gasteiger partial charge in [0, 0.05) is 25.3 Å². The second-order valence-electron chi connectivity index (χ2n) is 6.25. The monoisotopic (exact) mass is 288 g/mol. The molecule has 1 saturated heterocycles. The first-order valence-electron chi connectivity index (χ1n) is 8.11. The molecule has 2 fully saturated rings. The molecule has 2 heterocycles. The lowest BCUT2D eigenvalue weighted by molar-refractivity contribution is 0.0942. The number of aromatic nitrogens is 2. The molecule has 0 bridgehead atoms. The highest BCUT2D eigenvalue weighted by atomic mass is 16.1. The lowest BCUT2D eigenvalue weighted by atomic mass is 10.1. The van der Waals surface area contributed by atoms with Crippen LogP contribution >= 0.6 is 0 Å². The third kappa shape index (κ3) is 3.52. The molecule has 5 nitrogen and oxygen atoms in total. The topological polar surface area (TPSA) is 58.1 Å². The van der Waals surface area contributed by atoms with Crippen molar-refractivity contribution >= 4 is 11.9 Å². The Kier molecular flexibility index (Phi) is 4.36. The van der Waals surface area contributed by atoms with Crippen LogP contribution in [-0.2, 0) is 0 Å². The predicted molar refractivity (Wildman–Crippen MR) is 82.5 cm³/mol. The summed E-state index contributed by atoms with van der Waals surface area (Å²) >= 11 is 0. The molecule has 0 atom stereocenters. The summed E-state index contributed by atoms with van der Waals surface area (Å²) in [5.41, 5.74) is 1.36. The summed E-state index contributed by atoms with van der Waals surface area (Å²) in [6, 6.07) is 1.78. The Morgan fingerprint density at radius 2 is 1.95 bits per heavy atom. The van der Waals surface area contributed by atoms with E-state index in [1.165, 1.54) is 38.5 Å². The quantitative estimate of drug-likeness (QED) is 0.923. The largest absolute Gasteiger partial charge is 0.350 e. The highest BCUT2D eigenvalue weighted by molar-refractivity contribution is 5.92. The lowest BCUT2D eigenvalue weighted by Gasteiger charge is -2.16. The number of anilines is 1. The highest BCUT2D eigenvalue weighted by Gasteiger charge is 2.19. The first-order valence-corrected chi connectivity index (χ1v) is 8.11. The number of rotatable bonds is 4. The minimum absolute atomic E-state index is 0.0622. The number of nitrogens with zero attached hydrogens (tertiary/aromatic N) is 3. The van der Waals surface area contributed by atoms with E-state index in [9.17, 15) is 4.79 Å². The van der Waals surface area contributed by atoms with E-state index in [-0.39, 0.29) is 5.91 Å². The van der Waals surface area contributed by atoms with E-state index in [1.54, 1.807) is 6.07 Å². The number of carbonyl (C=O) groups is 1. The summed E-state index contributed by atoms with van der Waals surface area (Å²) in [5, 5.41) is 3.04. The Labute approximate surface area is 126 Å². The third-order valence-corrected chi connectivity index (χ3v) is 4.49. The van der Waals surface area contributed by atoms with Crippen molar-refractivity contribution in [2.24, 2.45) is 5.92 Å². The molecule has 1 aliphatic carbocycles. The van der Waals surface area contributed by atoms with E-state index in [0.717, 1.165) is 25.3 Å². The fourth-order valence-corrected chi connectivity index (χ4v) is 3.27. The van der Waals surface area contributed by atoms with E-state index >= 15 is 0 Å². The van der Waals surface area contributed by atoms with Gasteiger partial charge in [0.05, 0.1) is 0 Å². The number of nitrogens with one attached hydrogen (secondary N) is 1. The molecule has 3 rings (SSSR count). The van der Waals surface area contributed by atoms with Gasteiger partial charge in [0.2, 0.25) is 5.95 Å². The van der Waals surface area contributed by atoms with Crippen molar-refractivity contribution in [3.8, 4) is 0 Å². The summed E-state index contributed by atoms with van der Waals surface area (Å²) < 4.78 is 0. The second-order valence-corrected chi connectivity index (χ2v) is 6.25. The van der Waals surface area contributed by atoms with Crippen LogP contribution in [0.25, 0.3) is 0 Å². The van der Waals surface area contributed by atoms with Crippen LogP contribution in [0.5, 0.6) is 0 Å². The van der Waals surface area contributed by atoms with E-state index in [1.807, 2.05) is 6.92 Å². The normalized spacial score (nSPS) is 19.2. The summed E-state index contributed by atoms with van der Waals surface area (Å²) in [7, 11) is 0. The number of hydrogen-bond acceptors (Lipinski definition) is 4. The van der Waals surface area contributed by atoms with Gasteiger partial charge in [-0.1, -0.05) is 12.8 Å². The van der Waals surface area contributed by atoms with Gasteiger partial charge in [0.25, 0.3) is 5.91 Å². The van der Waals surface area contributed by atoms with Crippen molar-refractivity contribution in [1.29, 1.82) is 0 Å². The minimum atomic E-state index is -0.0622. The predicted octanol–water partition coefficient (Wildman–Crippen LogP) is 2.31. The molecule has 0 unspecified atom stereocenters. The van der Waals surface area contributed by atoms with Gasteiger partial charge in [-0.3, -0.25) is 4.79 Å². The highest BCUT2D eigenvalue weighted by Crippen LogP contribution is 2.23. The van der Waals surface area contributed by atoms with Gasteiger partial charge < -0.3 is 10.2 Å². The number of amides is 1. The van der Waals surface area contributed by atoms with Crippen LogP contribution in [0, 0.1) is 12.8 Å². The Morgan fingerprint density at radius 3 is 2.67 bits per heavy atom. The summed E-state index contributed by atoms with van der Waals surface area (Å²) in [5.74, 6) is 1.29. The molecule has 1 aromatic heterocycles. The van der Waals surface area contributed by atoms with Gasteiger partial charge in [-0.25, -0.2) is 9.97 Å². The van der Waals surface area contributed by atoms with Crippen molar-refractivity contribution in [3.63, 3.8) is 0 Å². The van der Waals surface area contributed by atoms with E-state index < -0.39 is 0 Å². The van der Waals surface area contributed by atoms with Crippen molar-refractivity contribution < 1.29 is 4.79 Å². The van der Waals surface area contributed by atoms with Crippen LogP contribution in [0.15, 0.2) is 6.07 Å². The number of hydrogen-bond donors (Lipinski definition) is 1. The fraction of sp³-hybridized carbons (Fsp3) is 0.688. The van der Waals surface area contributed by atoms with Crippen molar-refractivity contribution in [2.45, 2.75) is 45.4 Å². The van der Waals surface area contributed by atoms with Crippen molar-refractivity contribution in [2.75, 3.05) is 24.5 Å². The van der Waals surface area contributed by atoms with Crippen molar-refractivity contribution in [3.05, 3.63) is 17.5 Å². The smallest absolute Gasteiger partial charge is 0.270 e. The summed E-state index contributed by atoms with van der Waals surface area (Å²) in [6.07, 6.45) is 7.43. The van der Waals surface area contributed by atoms with Crippen LogP contribution in [-0.4, -0.2) is 35.5 Å². The van der Waals surface area contributed by atoms with Gasteiger partial charge in [0.15, 0.2) is 0 Å². The molecule has 0 aromatic carbocycles. The van der Waals surface area contributed by atoms with Crippen molar-refractivity contribution in [1.82, 2.24) is 15.3 Å². The average molecular weight is 288 g/mol. The Morgan fingerprint density at radius 1 is 1.24 bits per heavy atom. The average Bonchev–Trinajstić information content (AvgIpc) is 3.17. The molecular weight excluding hydrogens is 264 g/mol. The van der Waals surface area contributed by atoms with Gasteiger partial charge in [-0.05, 0) is 44.6 Å². The zero-order valence-electron chi connectivity index (χ0n) is 12.8. The van der Waals surface area contributed by atoms with Crippen LogP contribution < -0.4 is 10.2 Å². The molecule has 1 amide bonds. The summed E-state index contributed by atoms with van der Waals surface area (Å²) in [6.45, 7) is 4.69. The zero-order valence-corrected chi connectivity index (χ0v) is 12.8. The minimum Gasteiger partial charge on any atom is -0.350 e. The zero-order chi connectivity index (χ0) is 14.7. The SMILES string of the molecule is Cc1cc(C(=O)NCC2CCCC2)nc(N2CCCC2)n1. The molecule has 0 spiro atoms. The maximum absolute atomic E-state index is 12.3. The molecule has 2 aliphatic rings. The lowest BCUT2D eigenvalue weighted by Crippen LogP contribution is -2.30. The molecule has 0 radical (unpaired) electrons. The molecule has 114 valence electrons. The maximum Gasteiger partial charge on any atom is 0.270 e. The van der Waals surface area contributed by atoms with Crippen LogP contribution in [0.2, 0.25) is 0 Å². The third-order valence-electron chi connectivity index (χ3n) is 4.49. The molecule has 1 aliphatic heterocycles. The first-order chi connectivity index (χ1) is 10.2. The molecule has 5 heteroatoms. The molecule has 21 heavy (non-hydrogen) atoms. The second kappa shape index (κ2) is 6.41.